The summed E-state index contributed by atoms with van der Waals surface area (Å²) in [7, 11) is 0. The maximum atomic E-state index is 11.5. The Bertz CT molecular complexity index is 580. The van der Waals surface area contributed by atoms with Crippen molar-refractivity contribution in [3.05, 3.63) is 29.3 Å². The number of carbonyl (C=O) groups is 2. The molecule has 128 valence electrons. The topological polar surface area (TPSA) is 136 Å². The van der Waals surface area contributed by atoms with Crippen LogP contribution >= 0.6 is 0 Å². The van der Waals surface area contributed by atoms with E-state index in [0.29, 0.717) is 0 Å². The molecule has 0 spiro atoms. The van der Waals surface area contributed by atoms with Crippen molar-refractivity contribution < 1.29 is 34.8 Å². The molecule has 1 rings (SSSR count). The Hall–Kier alpha value is -2.32. The highest BCUT2D eigenvalue weighted by atomic mass is 16.6. The van der Waals surface area contributed by atoms with Gasteiger partial charge in [-0.15, -0.1) is 0 Å². The molecule has 0 heterocycles. The molecule has 0 aliphatic carbocycles. The van der Waals surface area contributed by atoms with E-state index in [9.17, 15) is 24.9 Å². The van der Waals surface area contributed by atoms with E-state index in [1.807, 2.05) is 0 Å². The van der Waals surface area contributed by atoms with Crippen molar-refractivity contribution in [1.29, 1.82) is 0 Å². The van der Waals surface area contributed by atoms with Crippen LogP contribution in [0.25, 0.3) is 0 Å². The summed E-state index contributed by atoms with van der Waals surface area (Å²) < 4.78 is 4.99. The van der Waals surface area contributed by atoms with Gasteiger partial charge in [0.05, 0.1) is 0 Å². The fourth-order valence-corrected chi connectivity index (χ4v) is 1.75. The molecule has 0 saturated heterocycles. The third-order valence-corrected chi connectivity index (χ3v) is 2.81. The number of alkyl carbamates (subject to hydrolysis) is 1. The van der Waals surface area contributed by atoms with Gasteiger partial charge in [0.1, 0.15) is 29.1 Å². The predicted molar refractivity (Wildman–Crippen MR) is 80.3 cm³/mol. The number of rotatable bonds is 5. The van der Waals surface area contributed by atoms with Crippen molar-refractivity contribution in [2.24, 2.45) is 0 Å². The van der Waals surface area contributed by atoms with Crippen LogP contribution in [-0.2, 0) is 4.74 Å². The number of hydrogen-bond acceptors (Lipinski definition) is 6. The van der Waals surface area contributed by atoms with Crippen molar-refractivity contribution in [2.75, 3.05) is 6.54 Å². The van der Waals surface area contributed by atoms with Gasteiger partial charge in [-0.1, -0.05) is 6.07 Å². The summed E-state index contributed by atoms with van der Waals surface area (Å²) >= 11 is 0. The Morgan fingerprint density at radius 3 is 2.35 bits per heavy atom. The van der Waals surface area contributed by atoms with Crippen LogP contribution in [0.3, 0.4) is 0 Å². The lowest BCUT2D eigenvalue weighted by molar-refractivity contribution is 0.0128. The minimum Gasteiger partial charge on any atom is -0.507 e. The number of carboxylic acid groups (broad SMARTS) is 1. The molecule has 0 aliphatic heterocycles. The molecule has 23 heavy (non-hydrogen) atoms. The minimum absolute atomic E-state index is 0.117. The highest BCUT2D eigenvalue weighted by Crippen LogP contribution is 2.24. The minimum atomic E-state index is -1.42. The summed E-state index contributed by atoms with van der Waals surface area (Å²) in [6.07, 6.45) is -3.52. The second kappa shape index (κ2) is 7.30. The largest absolute Gasteiger partial charge is 0.507 e. The Kier molecular flexibility index (Phi) is 5.94. The maximum absolute atomic E-state index is 11.5. The van der Waals surface area contributed by atoms with Crippen molar-refractivity contribution in [2.45, 2.75) is 38.6 Å². The van der Waals surface area contributed by atoms with Crippen molar-refractivity contribution in [3.63, 3.8) is 0 Å². The Morgan fingerprint density at radius 2 is 1.87 bits per heavy atom. The van der Waals surface area contributed by atoms with Gasteiger partial charge < -0.3 is 30.5 Å². The Morgan fingerprint density at radius 1 is 1.26 bits per heavy atom. The van der Waals surface area contributed by atoms with Crippen molar-refractivity contribution >= 4 is 12.1 Å². The molecule has 2 unspecified atom stereocenters. The third kappa shape index (κ3) is 5.76. The average Bonchev–Trinajstić information content (AvgIpc) is 2.41. The average molecular weight is 327 g/mol. The van der Waals surface area contributed by atoms with E-state index in [-0.39, 0.29) is 17.7 Å². The van der Waals surface area contributed by atoms with E-state index in [0.717, 1.165) is 12.1 Å². The zero-order chi connectivity index (χ0) is 17.8. The number of hydrogen-bond donors (Lipinski definition) is 5. The van der Waals surface area contributed by atoms with Crippen LogP contribution in [0, 0.1) is 0 Å². The van der Waals surface area contributed by atoms with E-state index in [1.54, 1.807) is 20.8 Å². The van der Waals surface area contributed by atoms with Gasteiger partial charge in [0.25, 0.3) is 0 Å². The highest BCUT2D eigenvalue weighted by Gasteiger charge is 2.22. The Balaban J connectivity index is 2.66. The normalized spacial score (nSPS) is 14.0. The van der Waals surface area contributed by atoms with E-state index >= 15 is 0 Å². The number of carboxylic acids is 1. The summed E-state index contributed by atoms with van der Waals surface area (Å²) in [4.78, 5) is 22.3. The van der Waals surface area contributed by atoms with E-state index in [2.05, 4.69) is 5.32 Å². The first-order valence-corrected chi connectivity index (χ1v) is 6.90. The number of amides is 1. The third-order valence-electron chi connectivity index (χ3n) is 2.81. The van der Waals surface area contributed by atoms with Crippen LogP contribution in [0.1, 0.15) is 42.8 Å². The van der Waals surface area contributed by atoms with E-state index in [1.165, 1.54) is 6.07 Å². The van der Waals surface area contributed by atoms with Gasteiger partial charge >= 0.3 is 12.1 Å². The molecule has 0 fully saturated rings. The van der Waals surface area contributed by atoms with Gasteiger partial charge in [-0.05, 0) is 38.5 Å². The van der Waals surface area contributed by atoms with Gasteiger partial charge in [-0.25, -0.2) is 9.59 Å². The van der Waals surface area contributed by atoms with Crippen LogP contribution < -0.4 is 5.32 Å². The lowest BCUT2D eigenvalue weighted by Gasteiger charge is -2.22. The van der Waals surface area contributed by atoms with Gasteiger partial charge in [0.15, 0.2) is 0 Å². The molecule has 1 aromatic rings. The summed E-state index contributed by atoms with van der Waals surface area (Å²) in [6.45, 7) is 4.78. The summed E-state index contributed by atoms with van der Waals surface area (Å²) in [5.41, 5.74) is -0.889. The second-order valence-electron chi connectivity index (χ2n) is 5.98. The SMILES string of the molecule is CC(C)(C)OC(=O)NCC(O)C(O)c1ccc(C(=O)O)c(O)c1. The first kappa shape index (κ1) is 18.7. The van der Waals surface area contributed by atoms with Crippen molar-refractivity contribution in [1.82, 2.24) is 5.32 Å². The molecular weight excluding hydrogens is 306 g/mol. The van der Waals surface area contributed by atoms with Gasteiger partial charge in [-0.3, -0.25) is 0 Å². The Labute approximate surface area is 133 Å². The van der Waals surface area contributed by atoms with Crippen LogP contribution in [0.2, 0.25) is 0 Å². The summed E-state index contributed by atoms with van der Waals surface area (Å²) in [6, 6.07) is 3.43. The number of ether oxygens (including phenoxy) is 1. The van der Waals surface area contributed by atoms with Crippen LogP contribution in [0.5, 0.6) is 5.75 Å². The molecule has 0 radical (unpaired) electrons. The molecule has 0 bridgehead atoms. The number of aromatic hydroxyl groups is 1. The highest BCUT2D eigenvalue weighted by molar-refractivity contribution is 5.90. The fraction of sp³-hybridized carbons (Fsp3) is 0.467. The molecule has 5 N–H and O–H groups in total. The maximum Gasteiger partial charge on any atom is 0.407 e. The summed E-state index contributed by atoms with van der Waals surface area (Å²) in [5.74, 6) is -1.84. The zero-order valence-corrected chi connectivity index (χ0v) is 13.1. The quantitative estimate of drug-likeness (QED) is 0.544. The number of phenols is 1. The standard InChI is InChI=1S/C15H21NO7/c1-15(2,3)23-14(22)16-7-11(18)12(19)8-4-5-9(13(20)21)10(17)6-8/h4-6,11-12,17-19H,7H2,1-3H3,(H,16,22)(H,20,21). The van der Waals surface area contributed by atoms with Crippen LogP contribution in [0.4, 0.5) is 4.79 Å². The lowest BCUT2D eigenvalue weighted by Crippen LogP contribution is -2.38. The number of benzene rings is 1. The van der Waals surface area contributed by atoms with E-state index in [4.69, 9.17) is 9.84 Å². The lowest BCUT2D eigenvalue weighted by atomic mass is 10.0. The van der Waals surface area contributed by atoms with Crippen LogP contribution in [-0.4, -0.2) is 50.7 Å². The molecule has 0 aromatic heterocycles. The van der Waals surface area contributed by atoms with Crippen molar-refractivity contribution in [3.8, 4) is 5.75 Å². The number of aliphatic hydroxyl groups is 2. The molecule has 1 aromatic carbocycles. The predicted octanol–water partition coefficient (Wildman–Crippen LogP) is 1.01. The molecule has 2 atom stereocenters. The molecule has 8 heteroatoms. The summed E-state index contributed by atoms with van der Waals surface area (Å²) in [5, 5.41) is 40.5. The van der Waals surface area contributed by atoms with Gasteiger partial charge in [0.2, 0.25) is 0 Å². The molecule has 0 aliphatic rings. The van der Waals surface area contributed by atoms with E-state index < -0.39 is 35.6 Å². The first-order chi connectivity index (χ1) is 10.5. The second-order valence-corrected chi connectivity index (χ2v) is 5.98. The molecule has 8 nitrogen and oxygen atoms in total. The molecule has 1 amide bonds. The number of carbonyl (C=O) groups excluding carboxylic acids is 1. The number of nitrogens with one attached hydrogen (secondary N) is 1. The fourth-order valence-electron chi connectivity index (χ4n) is 1.75. The first-order valence-electron chi connectivity index (χ1n) is 6.90. The molecular formula is C15H21NO7. The van der Waals surface area contributed by atoms with Crippen LogP contribution in [0.15, 0.2) is 18.2 Å². The smallest absolute Gasteiger partial charge is 0.407 e. The monoisotopic (exact) mass is 327 g/mol. The van der Waals surface area contributed by atoms with Gasteiger partial charge in [0, 0.05) is 6.54 Å². The number of aromatic carboxylic acids is 1. The number of aliphatic hydroxyl groups excluding tert-OH is 2. The molecule has 0 saturated carbocycles. The van der Waals surface area contributed by atoms with Gasteiger partial charge in [-0.2, -0.15) is 0 Å². The zero-order valence-electron chi connectivity index (χ0n) is 13.1.